The van der Waals surface area contributed by atoms with E-state index >= 15 is 0 Å². The predicted molar refractivity (Wildman–Crippen MR) is 83.6 cm³/mol. The van der Waals surface area contributed by atoms with Crippen LogP contribution in [0.25, 0.3) is 11.1 Å². The predicted octanol–water partition coefficient (Wildman–Crippen LogP) is 5.97. The maximum Gasteiger partial charge on any atom is 0.335 e. The Morgan fingerprint density at radius 1 is 1.05 bits per heavy atom. The molecule has 2 aromatic carbocycles. The van der Waals surface area contributed by atoms with Crippen molar-refractivity contribution in [2.45, 2.75) is 6.92 Å². The van der Waals surface area contributed by atoms with Crippen molar-refractivity contribution in [1.29, 1.82) is 0 Å². The van der Waals surface area contributed by atoms with Crippen LogP contribution in [0.3, 0.4) is 0 Å². The molecule has 2 nitrogen and oxygen atoms in total. The highest BCUT2D eigenvalue weighted by Gasteiger charge is 2.19. The van der Waals surface area contributed by atoms with Crippen LogP contribution < -0.4 is 0 Å². The second-order valence-corrected chi connectivity index (χ2v) is 5.70. The largest absolute Gasteiger partial charge is 0.478 e. The van der Waals surface area contributed by atoms with Crippen LogP contribution in [0.5, 0.6) is 0 Å². The molecule has 0 atom stereocenters. The lowest BCUT2D eigenvalue weighted by Crippen LogP contribution is -2.01. The SMILES string of the molecule is Cc1c(C(=O)O)cccc1-c1c(Cl)cc(Cl)c(Cl)c1Cl. The molecule has 0 aromatic heterocycles. The molecule has 2 aromatic rings. The van der Waals surface area contributed by atoms with Gasteiger partial charge in [-0.25, -0.2) is 4.79 Å². The molecule has 6 heteroatoms. The van der Waals surface area contributed by atoms with E-state index in [-0.39, 0.29) is 20.6 Å². The van der Waals surface area contributed by atoms with Crippen LogP contribution in [-0.4, -0.2) is 11.1 Å². The molecule has 0 spiro atoms. The molecule has 2 rings (SSSR count). The van der Waals surface area contributed by atoms with Gasteiger partial charge in [0.15, 0.2) is 0 Å². The van der Waals surface area contributed by atoms with Crippen LogP contribution >= 0.6 is 46.4 Å². The molecule has 0 aliphatic carbocycles. The summed E-state index contributed by atoms with van der Waals surface area (Å²) < 4.78 is 0. The van der Waals surface area contributed by atoms with Crippen LogP contribution in [0.1, 0.15) is 15.9 Å². The minimum absolute atomic E-state index is 0.181. The van der Waals surface area contributed by atoms with E-state index in [2.05, 4.69) is 0 Å². The molecule has 0 fully saturated rings. The van der Waals surface area contributed by atoms with Crippen LogP contribution in [0.2, 0.25) is 20.1 Å². The van der Waals surface area contributed by atoms with Crippen molar-refractivity contribution in [3.63, 3.8) is 0 Å². The summed E-state index contributed by atoms with van der Waals surface area (Å²) in [4.78, 5) is 11.2. The lowest BCUT2D eigenvalue weighted by molar-refractivity contribution is 0.0696. The quantitative estimate of drug-likeness (QED) is 0.535. The van der Waals surface area contributed by atoms with E-state index < -0.39 is 5.97 Å². The van der Waals surface area contributed by atoms with Crippen molar-refractivity contribution < 1.29 is 9.90 Å². The standard InChI is InChI=1S/C14H8Cl4O2/c1-6-7(3-2-4-8(6)14(19)20)11-9(15)5-10(16)12(17)13(11)18/h2-5H,1H3,(H,19,20). The smallest absolute Gasteiger partial charge is 0.335 e. The molecule has 0 heterocycles. The third-order valence-electron chi connectivity index (χ3n) is 2.95. The molecule has 0 aliphatic heterocycles. The minimum Gasteiger partial charge on any atom is -0.478 e. The minimum atomic E-state index is -1.02. The van der Waals surface area contributed by atoms with Gasteiger partial charge in [-0.3, -0.25) is 0 Å². The number of aromatic carboxylic acids is 1. The fourth-order valence-electron chi connectivity index (χ4n) is 1.95. The van der Waals surface area contributed by atoms with Gasteiger partial charge in [-0.2, -0.15) is 0 Å². The first kappa shape index (κ1) is 15.5. The molecular weight excluding hydrogens is 342 g/mol. The van der Waals surface area contributed by atoms with Crippen LogP contribution in [0.4, 0.5) is 0 Å². The van der Waals surface area contributed by atoms with E-state index in [0.717, 1.165) is 0 Å². The molecule has 0 bridgehead atoms. The zero-order valence-corrected chi connectivity index (χ0v) is 13.2. The number of hydrogen-bond donors (Lipinski definition) is 1. The highest BCUT2D eigenvalue weighted by atomic mass is 35.5. The normalized spacial score (nSPS) is 10.7. The monoisotopic (exact) mass is 348 g/mol. The Morgan fingerprint density at radius 3 is 2.30 bits per heavy atom. The van der Waals surface area contributed by atoms with Gasteiger partial charge in [0, 0.05) is 5.56 Å². The summed E-state index contributed by atoms with van der Waals surface area (Å²) in [5, 5.41) is 10.1. The molecule has 0 radical (unpaired) electrons. The number of hydrogen-bond acceptors (Lipinski definition) is 1. The van der Waals surface area contributed by atoms with Crippen LogP contribution in [0, 0.1) is 6.92 Å². The fraction of sp³-hybridized carbons (Fsp3) is 0.0714. The lowest BCUT2D eigenvalue weighted by Gasteiger charge is -2.14. The van der Waals surface area contributed by atoms with Gasteiger partial charge >= 0.3 is 5.97 Å². The number of benzene rings is 2. The molecule has 0 saturated heterocycles. The average Bonchev–Trinajstić information content (AvgIpc) is 2.37. The van der Waals surface area contributed by atoms with Crippen molar-refractivity contribution in [3.05, 3.63) is 55.5 Å². The molecule has 0 amide bonds. The van der Waals surface area contributed by atoms with Gasteiger partial charge in [-0.05, 0) is 30.2 Å². The Bertz CT molecular complexity index is 711. The third-order valence-corrected chi connectivity index (χ3v) is 4.51. The topological polar surface area (TPSA) is 37.3 Å². The summed E-state index contributed by atoms with van der Waals surface area (Å²) in [6.07, 6.45) is 0. The number of carboxylic acid groups (broad SMARTS) is 1. The summed E-state index contributed by atoms with van der Waals surface area (Å²) >= 11 is 24.3. The van der Waals surface area contributed by atoms with Gasteiger partial charge in [-0.15, -0.1) is 0 Å². The van der Waals surface area contributed by atoms with E-state index in [1.807, 2.05) is 0 Å². The Kier molecular flexibility index (Phi) is 4.50. The van der Waals surface area contributed by atoms with Gasteiger partial charge in [0.25, 0.3) is 0 Å². The van der Waals surface area contributed by atoms with E-state index in [1.54, 1.807) is 19.1 Å². The van der Waals surface area contributed by atoms with E-state index in [4.69, 9.17) is 51.5 Å². The maximum absolute atomic E-state index is 11.2. The number of carboxylic acids is 1. The van der Waals surface area contributed by atoms with E-state index in [9.17, 15) is 4.79 Å². The van der Waals surface area contributed by atoms with Crippen LogP contribution in [-0.2, 0) is 0 Å². The number of carbonyl (C=O) groups is 1. The maximum atomic E-state index is 11.2. The Balaban J connectivity index is 2.79. The summed E-state index contributed by atoms with van der Waals surface area (Å²) in [6, 6.07) is 6.36. The van der Waals surface area contributed by atoms with Crippen molar-refractivity contribution in [2.24, 2.45) is 0 Å². The second-order valence-electron chi connectivity index (χ2n) is 4.13. The molecule has 0 aliphatic rings. The van der Waals surface area contributed by atoms with Gasteiger partial charge in [0.05, 0.1) is 25.7 Å². The van der Waals surface area contributed by atoms with E-state index in [1.165, 1.54) is 12.1 Å². The second kappa shape index (κ2) is 5.82. The van der Waals surface area contributed by atoms with Crippen molar-refractivity contribution in [1.82, 2.24) is 0 Å². The molecule has 0 unspecified atom stereocenters. The molecule has 104 valence electrons. The zero-order valence-electron chi connectivity index (χ0n) is 10.2. The van der Waals surface area contributed by atoms with Crippen LogP contribution in [0.15, 0.2) is 24.3 Å². The first-order valence-corrected chi connectivity index (χ1v) is 7.02. The Morgan fingerprint density at radius 2 is 1.70 bits per heavy atom. The number of halogens is 4. The molecule has 20 heavy (non-hydrogen) atoms. The molecular formula is C14H8Cl4O2. The summed E-state index contributed by atoms with van der Waals surface area (Å²) in [5.74, 6) is -1.02. The molecule has 1 N–H and O–H groups in total. The average molecular weight is 350 g/mol. The van der Waals surface area contributed by atoms with Gasteiger partial charge < -0.3 is 5.11 Å². The van der Waals surface area contributed by atoms with Crippen molar-refractivity contribution in [2.75, 3.05) is 0 Å². The molecule has 0 saturated carbocycles. The highest BCUT2D eigenvalue weighted by Crippen LogP contribution is 2.44. The van der Waals surface area contributed by atoms with E-state index in [0.29, 0.717) is 21.7 Å². The lowest BCUT2D eigenvalue weighted by atomic mass is 9.96. The summed E-state index contributed by atoms with van der Waals surface area (Å²) in [7, 11) is 0. The Hall–Kier alpha value is -0.930. The highest BCUT2D eigenvalue weighted by molar-refractivity contribution is 6.51. The first-order chi connectivity index (χ1) is 9.34. The van der Waals surface area contributed by atoms with Gasteiger partial charge in [-0.1, -0.05) is 58.5 Å². The van der Waals surface area contributed by atoms with Gasteiger partial charge in [0.1, 0.15) is 0 Å². The summed E-state index contributed by atoms with van der Waals surface area (Å²) in [5.41, 5.74) is 1.82. The fourth-order valence-corrected chi connectivity index (χ4v) is 3.07. The zero-order chi connectivity index (χ0) is 15.0. The number of rotatable bonds is 2. The first-order valence-electron chi connectivity index (χ1n) is 5.51. The van der Waals surface area contributed by atoms with Gasteiger partial charge in [0.2, 0.25) is 0 Å². The van der Waals surface area contributed by atoms with Crippen molar-refractivity contribution >= 4 is 52.4 Å². The summed E-state index contributed by atoms with van der Waals surface area (Å²) in [6.45, 7) is 1.69. The third kappa shape index (κ3) is 2.61. The Labute approximate surface area is 135 Å². The van der Waals surface area contributed by atoms with Crippen molar-refractivity contribution in [3.8, 4) is 11.1 Å².